The smallest absolute Gasteiger partial charge is 0.412 e. The van der Waals surface area contributed by atoms with Gasteiger partial charge in [0.1, 0.15) is 19.4 Å². The van der Waals surface area contributed by atoms with Crippen molar-refractivity contribution in [2.75, 3.05) is 6.73 Å². The number of carboxylic acid groups (broad SMARTS) is 1. The summed E-state index contributed by atoms with van der Waals surface area (Å²) in [6, 6.07) is 7.84. The maximum Gasteiger partial charge on any atom is 0.412 e. The van der Waals surface area contributed by atoms with Crippen LogP contribution in [0.15, 0.2) is 30.3 Å². The number of amides is 1. The van der Waals surface area contributed by atoms with Crippen LogP contribution >= 0.6 is 0 Å². The molecule has 1 aromatic rings. The molecule has 6 nitrogen and oxygen atoms in total. The summed E-state index contributed by atoms with van der Waals surface area (Å²) in [5.74, 6) is -1.21. The summed E-state index contributed by atoms with van der Waals surface area (Å²) in [6.07, 6.45) is -0.865. The van der Waals surface area contributed by atoms with Crippen LogP contribution in [0.2, 0.25) is 0 Å². The van der Waals surface area contributed by atoms with Crippen molar-refractivity contribution in [3.63, 3.8) is 0 Å². The average molecular weight is 253 g/mol. The molecule has 1 amide bonds. The first kappa shape index (κ1) is 14.0. The van der Waals surface area contributed by atoms with Crippen molar-refractivity contribution in [2.24, 2.45) is 0 Å². The highest BCUT2D eigenvalue weighted by molar-refractivity contribution is 5.79. The molecule has 98 valence electrons. The first-order chi connectivity index (χ1) is 8.56. The monoisotopic (exact) mass is 253 g/mol. The minimum atomic E-state index is -1.21. The average Bonchev–Trinajstić information content (AvgIpc) is 2.38. The second kappa shape index (κ2) is 6.61. The molecule has 0 radical (unpaired) electrons. The molecule has 18 heavy (non-hydrogen) atoms. The number of aliphatic carboxylic acids is 1. The van der Waals surface area contributed by atoms with Gasteiger partial charge in [-0.3, -0.25) is 4.90 Å². The third-order valence-corrected chi connectivity index (χ3v) is 2.42. The first-order valence-corrected chi connectivity index (χ1v) is 5.37. The van der Waals surface area contributed by atoms with Crippen molar-refractivity contribution >= 4 is 12.1 Å². The zero-order valence-corrected chi connectivity index (χ0v) is 9.94. The second-order valence-corrected chi connectivity index (χ2v) is 3.67. The third kappa shape index (κ3) is 3.74. The van der Waals surface area contributed by atoms with E-state index in [1.807, 2.05) is 6.07 Å². The van der Waals surface area contributed by atoms with E-state index < -0.39 is 24.8 Å². The van der Waals surface area contributed by atoms with E-state index in [1.54, 1.807) is 24.3 Å². The van der Waals surface area contributed by atoms with E-state index in [0.717, 1.165) is 10.5 Å². The summed E-state index contributed by atoms with van der Waals surface area (Å²) < 4.78 is 4.92. The summed E-state index contributed by atoms with van der Waals surface area (Å²) in [6.45, 7) is 0.617. The molecular formula is C12H15NO5. The standard InChI is InChI=1S/C12H15NO5/c1-9(11(15)16)13(8-14)12(17)18-7-10-5-3-2-4-6-10/h2-6,9,14H,7-8H2,1H3,(H,15,16). The highest BCUT2D eigenvalue weighted by Crippen LogP contribution is 2.06. The summed E-state index contributed by atoms with van der Waals surface area (Å²) in [4.78, 5) is 23.0. The zero-order chi connectivity index (χ0) is 13.5. The highest BCUT2D eigenvalue weighted by atomic mass is 16.6. The van der Waals surface area contributed by atoms with Gasteiger partial charge < -0.3 is 14.9 Å². The van der Waals surface area contributed by atoms with Crippen LogP contribution in [0.1, 0.15) is 12.5 Å². The fourth-order valence-corrected chi connectivity index (χ4v) is 1.27. The summed E-state index contributed by atoms with van der Waals surface area (Å²) in [7, 11) is 0. The molecule has 0 saturated heterocycles. The summed E-state index contributed by atoms with van der Waals surface area (Å²) in [5.41, 5.74) is 0.784. The number of carbonyl (C=O) groups excluding carboxylic acids is 1. The van der Waals surface area contributed by atoms with Crippen LogP contribution in [0.5, 0.6) is 0 Å². The van der Waals surface area contributed by atoms with Gasteiger partial charge in [0.05, 0.1) is 0 Å². The molecule has 0 heterocycles. The number of carbonyl (C=O) groups is 2. The van der Waals surface area contributed by atoms with Crippen molar-refractivity contribution in [3.05, 3.63) is 35.9 Å². The lowest BCUT2D eigenvalue weighted by atomic mass is 10.2. The maximum absolute atomic E-state index is 11.6. The van der Waals surface area contributed by atoms with Gasteiger partial charge in [-0.15, -0.1) is 0 Å². The molecule has 1 atom stereocenters. The van der Waals surface area contributed by atoms with Crippen LogP contribution in [0.25, 0.3) is 0 Å². The van der Waals surface area contributed by atoms with E-state index >= 15 is 0 Å². The van der Waals surface area contributed by atoms with Gasteiger partial charge in [0.15, 0.2) is 0 Å². The molecule has 1 unspecified atom stereocenters. The van der Waals surface area contributed by atoms with Gasteiger partial charge in [-0.1, -0.05) is 30.3 Å². The van der Waals surface area contributed by atoms with Gasteiger partial charge in [0, 0.05) is 0 Å². The Morgan fingerprint density at radius 2 is 1.94 bits per heavy atom. The number of hydrogen-bond donors (Lipinski definition) is 2. The number of ether oxygens (including phenoxy) is 1. The van der Waals surface area contributed by atoms with Gasteiger partial charge >= 0.3 is 12.1 Å². The number of hydrogen-bond acceptors (Lipinski definition) is 4. The normalized spacial score (nSPS) is 11.7. The van der Waals surface area contributed by atoms with Crippen LogP contribution < -0.4 is 0 Å². The Morgan fingerprint density at radius 1 is 1.33 bits per heavy atom. The van der Waals surface area contributed by atoms with Crippen LogP contribution in [-0.2, 0) is 16.1 Å². The Balaban J connectivity index is 2.56. The molecule has 1 rings (SSSR count). The van der Waals surface area contributed by atoms with Gasteiger partial charge in [-0.2, -0.15) is 0 Å². The number of aliphatic hydroxyl groups is 1. The maximum atomic E-state index is 11.6. The minimum Gasteiger partial charge on any atom is -0.480 e. The molecule has 2 N–H and O–H groups in total. The molecule has 0 spiro atoms. The van der Waals surface area contributed by atoms with Crippen LogP contribution in [0.3, 0.4) is 0 Å². The molecule has 6 heteroatoms. The molecular weight excluding hydrogens is 238 g/mol. The number of carboxylic acids is 1. The van der Waals surface area contributed by atoms with E-state index in [4.69, 9.17) is 14.9 Å². The number of aliphatic hydroxyl groups excluding tert-OH is 1. The Morgan fingerprint density at radius 3 is 2.44 bits per heavy atom. The Hall–Kier alpha value is -2.08. The number of benzene rings is 1. The van der Waals surface area contributed by atoms with Crippen LogP contribution in [-0.4, -0.2) is 39.9 Å². The lowest BCUT2D eigenvalue weighted by Crippen LogP contribution is -2.44. The highest BCUT2D eigenvalue weighted by Gasteiger charge is 2.25. The van der Waals surface area contributed by atoms with Crippen molar-refractivity contribution in [1.29, 1.82) is 0 Å². The molecule has 1 aromatic carbocycles. The van der Waals surface area contributed by atoms with Crippen molar-refractivity contribution in [3.8, 4) is 0 Å². The van der Waals surface area contributed by atoms with E-state index in [-0.39, 0.29) is 6.61 Å². The SMILES string of the molecule is CC(C(=O)O)N(CO)C(=O)OCc1ccccc1. The van der Waals surface area contributed by atoms with E-state index in [1.165, 1.54) is 6.92 Å². The largest absolute Gasteiger partial charge is 0.480 e. The fraction of sp³-hybridized carbons (Fsp3) is 0.333. The summed E-state index contributed by atoms with van der Waals surface area (Å²) in [5, 5.41) is 17.7. The minimum absolute atomic E-state index is 0.0303. The molecule has 0 aliphatic rings. The Labute approximate surface area is 104 Å². The molecule has 0 saturated carbocycles. The predicted molar refractivity (Wildman–Crippen MR) is 62.6 cm³/mol. The van der Waals surface area contributed by atoms with E-state index in [0.29, 0.717) is 0 Å². The van der Waals surface area contributed by atoms with Gasteiger partial charge in [-0.05, 0) is 12.5 Å². The van der Waals surface area contributed by atoms with Gasteiger partial charge in [0.2, 0.25) is 0 Å². The van der Waals surface area contributed by atoms with E-state index in [2.05, 4.69) is 0 Å². The molecule has 0 aromatic heterocycles. The van der Waals surface area contributed by atoms with E-state index in [9.17, 15) is 9.59 Å². The van der Waals surface area contributed by atoms with Crippen molar-refractivity contribution < 1.29 is 24.5 Å². The molecule has 0 fully saturated rings. The molecule has 0 bridgehead atoms. The van der Waals surface area contributed by atoms with Crippen LogP contribution in [0, 0.1) is 0 Å². The van der Waals surface area contributed by atoms with Crippen LogP contribution in [0.4, 0.5) is 4.79 Å². The van der Waals surface area contributed by atoms with Gasteiger partial charge in [0.25, 0.3) is 0 Å². The lowest BCUT2D eigenvalue weighted by Gasteiger charge is -2.23. The molecule has 0 aliphatic carbocycles. The van der Waals surface area contributed by atoms with Gasteiger partial charge in [-0.25, -0.2) is 9.59 Å². The predicted octanol–water partition coefficient (Wildman–Crippen LogP) is 1.05. The fourth-order valence-electron chi connectivity index (χ4n) is 1.27. The second-order valence-electron chi connectivity index (χ2n) is 3.67. The Kier molecular flexibility index (Phi) is 5.13. The first-order valence-electron chi connectivity index (χ1n) is 5.37. The molecule has 0 aliphatic heterocycles. The number of nitrogens with zero attached hydrogens (tertiary/aromatic N) is 1. The topological polar surface area (TPSA) is 87.1 Å². The third-order valence-electron chi connectivity index (χ3n) is 2.42. The number of rotatable bonds is 5. The van der Waals surface area contributed by atoms with Crippen molar-refractivity contribution in [1.82, 2.24) is 4.90 Å². The van der Waals surface area contributed by atoms with Crippen molar-refractivity contribution in [2.45, 2.75) is 19.6 Å². The Bertz CT molecular complexity index is 406. The lowest BCUT2D eigenvalue weighted by molar-refractivity contribution is -0.143. The summed E-state index contributed by atoms with van der Waals surface area (Å²) >= 11 is 0. The zero-order valence-electron chi connectivity index (χ0n) is 9.94. The quantitative estimate of drug-likeness (QED) is 0.766.